The number of carbonyl (C=O) groups excluding carboxylic acids is 1. The van der Waals surface area contributed by atoms with Crippen LogP contribution in [0.4, 0.5) is 0 Å². The van der Waals surface area contributed by atoms with E-state index in [9.17, 15) is 13.2 Å². The highest BCUT2D eigenvalue weighted by Gasteiger charge is 2.39. The molecule has 1 aliphatic heterocycles. The third-order valence-corrected chi connectivity index (χ3v) is 7.79. The molecule has 0 saturated carbocycles. The van der Waals surface area contributed by atoms with Crippen LogP contribution in [-0.4, -0.2) is 51.9 Å². The van der Waals surface area contributed by atoms with E-state index in [0.717, 1.165) is 5.56 Å². The third-order valence-electron chi connectivity index (χ3n) is 4.92. The molecule has 1 saturated heterocycles. The monoisotopic (exact) mass is 446 g/mol. The van der Waals surface area contributed by atoms with E-state index in [-0.39, 0.29) is 23.2 Å². The van der Waals surface area contributed by atoms with Crippen molar-refractivity contribution >= 4 is 27.5 Å². The van der Waals surface area contributed by atoms with Crippen molar-refractivity contribution in [3.05, 3.63) is 54.3 Å². The Balaban J connectivity index is 1.49. The molecule has 1 N–H and O–H groups in total. The molecule has 1 atom stereocenters. The SMILES string of the molecule is CC1(NC(=O)CSc2nnc(-c3ccco3)n2Cc2ccccc2)CCS(=O)(=O)C1. The molecular weight excluding hydrogens is 424 g/mol. The number of furan rings is 1. The summed E-state index contributed by atoms with van der Waals surface area (Å²) in [5.41, 5.74) is 0.355. The lowest BCUT2D eigenvalue weighted by Gasteiger charge is -2.23. The minimum Gasteiger partial charge on any atom is -0.461 e. The molecule has 158 valence electrons. The molecule has 0 radical (unpaired) electrons. The third kappa shape index (κ3) is 4.76. The number of sulfone groups is 1. The van der Waals surface area contributed by atoms with E-state index in [0.29, 0.717) is 29.7 Å². The van der Waals surface area contributed by atoms with Gasteiger partial charge in [-0.25, -0.2) is 8.42 Å². The van der Waals surface area contributed by atoms with Gasteiger partial charge in [0, 0.05) is 0 Å². The van der Waals surface area contributed by atoms with Crippen LogP contribution in [0.3, 0.4) is 0 Å². The van der Waals surface area contributed by atoms with E-state index < -0.39 is 15.4 Å². The molecule has 30 heavy (non-hydrogen) atoms. The van der Waals surface area contributed by atoms with Crippen molar-refractivity contribution in [2.45, 2.75) is 30.6 Å². The highest BCUT2D eigenvalue weighted by molar-refractivity contribution is 7.99. The molecule has 1 aliphatic rings. The summed E-state index contributed by atoms with van der Waals surface area (Å²) in [6.45, 7) is 2.30. The zero-order valence-electron chi connectivity index (χ0n) is 16.4. The fraction of sp³-hybridized carbons (Fsp3) is 0.350. The van der Waals surface area contributed by atoms with Crippen LogP contribution in [-0.2, 0) is 21.2 Å². The maximum atomic E-state index is 12.5. The van der Waals surface area contributed by atoms with Gasteiger partial charge in [0.2, 0.25) is 11.7 Å². The summed E-state index contributed by atoms with van der Waals surface area (Å²) < 4.78 is 30.9. The van der Waals surface area contributed by atoms with Gasteiger partial charge in [0.15, 0.2) is 20.8 Å². The zero-order valence-corrected chi connectivity index (χ0v) is 18.1. The van der Waals surface area contributed by atoms with Crippen molar-refractivity contribution in [3.8, 4) is 11.6 Å². The number of carbonyl (C=O) groups is 1. The summed E-state index contributed by atoms with van der Waals surface area (Å²) in [4.78, 5) is 12.5. The largest absolute Gasteiger partial charge is 0.461 e. The first-order valence-corrected chi connectivity index (χ1v) is 12.3. The van der Waals surface area contributed by atoms with Gasteiger partial charge in [0.25, 0.3) is 0 Å². The smallest absolute Gasteiger partial charge is 0.230 e. The molecule has 0 spiro atoms. The Hall–Kier alpha value is -2.59. The van der Waals surface area contributed by atoms with Gasteiger partial charge in [-0.15, -0.1) is 10.2 Å². The molecular formula is C20H22N4O4S2. The van der Waals surface area contributed by atoms with E-state index in [2.05, 4.69) is 15.5 Å². The standard InChI is InChI=1S/C20H22N4O4S2/c1-20(9-11-30(26,27)14-20)21-17(25)13-29-19-23-22-18(16-8-5-10-28-16)24(19)12-15-6-3-2-4-7-15/h2-8,10H,9,11-14H2,1H3,(H,21,25). The molecule has 10 heteroatoms. The fourth-order valence-electron chi connectivity index (χ4n) is 3.50. The Morgan fingerprint density at radius 2 is 2.03 bits per heavy atom. The van der Waals surface area contributed by atoms with Crippen LogP contribution >= 0.6 is 11.8 Å². The molecule has 1 amide bonds. The van der Waals surface area contributed by atoms with Gasteiger partial charge in [0.05, 0.1) is 35.6 Å². The van der Waals surface area contributed by atoms with Gasteiger partial charge in [0.1, 0.15) is 0 Å². The van der Waals surface area contributed by atoms with Crippen molar-refractivity contribution in [1.82, 2.24) is 20.1 Å². The summed E-state index contributed by atoms with van der Waals surface area (Å²) in [5.74, 6) is 1.14. The Morgan fingerprint density at radius 1 is 1.23 bits per heavy atom. The van der Waals surface area contributed by atoms with Crippen molar-refractivity contribution in [3.63, 3.8) is 0 Å². The summed E-state index contributed by atoms with van der Waals surface area (Å²) in [6, 6.07) is 13.5. The number of rotatable bonds is 7. The predicted molar refractivity (Wildman–Crippen MR) is 114 cm³/mol. The van der Waals surface area contributed by atoms with Gasteiger partial charge >= 0.3 is 0 Å². The van der Waals surface area contributed by atoms with E-state index in [1.807, 2.05) is 41.0 Å². The van der Waals surface area contributed by atoms with Crippen LogP contribution in [0.5, 0.6) is 0 Å². The summed E-state index contributed by atoms with van der Waals surface area (Å²) in [6.07, 6.45) is 2.01. The molecule has 4 rings (SSSR count). The van der Waals surface area contributed by atoms with Crippen LogP contribution in [0.2, 0.25) is 0 Å². The molecule has 1 unspecified atom stereocenters. The first kappa shape index (κ1) is 20.7. The molecule has 0 bridgehead atoms. The molecule has 3 aromatic rings. The maximum Gasteiger partial charge on any atom is 0.230 e. The second-order valence-corrected chi connectivity index (χ2v) is 10.7. The number of benzene rings is 1. The Kier molecular flexibility index (Phi) is 5.70. The minimum atomic E-state index is -3.09. The van der Waals surface area contributed by atoms with Crippen molar-refractivity contribution < 1.29 is 17.6 Å². The van der Waals surface area contributed by atoms with Crippen LogP contribution in [0, 0.1) is 0 Å². The first-order chi connectivity index (χ1) is 14.3. The average Bonchev–Trinajstić information content (AvgIpc) is 3.41. The zero-order chi connectivity index (χ0) is 21.2. The average molecular weight is 447 g/mol. The quantitative estimate of drug-likeness (QED) is 0.555. The fourth-order valence-corrected chi connectivity index (χ4v) is 6.33. The predicted octanol–water partition coefficient (Wildman–Crippen LogP) is 2.37. The van der Waals surface area contributed by atoms with Crippen LogP contribution in [0.15, 0.2) is 58.3 Å². The topological polar surface area (TPSA) is 107 Å². The molecule has 2 aromatic heterocycles. The maximum absolute atomic E-state index is 12.5. The van der Waals surface area contributed by atoms with Gasteiger partial charge in [-0.3, -0.25) is 9.36 Å². The number of nitrogens with one attached hydrogen (secondary N) is 1. The summed E-state index contributed by atoms with van der Waals surface area (Å²) in [5, 5.41) is 12.0. The highest BCUT2D eigenvalue weighted by atomic mass is 32.2. The van der Waals surface area contributed by atoms with Crippen LogP contribution in [0.25, 0.3) is 11.6 Å². The van der Waals surface area contributed by atoms with Crippen LogP contribution in [0.1, 0.15) is 18.9 Å². The molecule has 1 fully saturated rings. The van der Waals surface area contributed by atoms with E-state index in [1.165, 1.54) is 11.8 Å². The Bertz CT molecular complexity index is 1130. The number of aromatic nitrogens is 3. The molecule has 0 aliphatic carbocycles. The first-order valence-electron chi connectivity index (χ1n) is 9.49. The van der Waals surface area contributed by atoms with Crippen molar-refractivity contribution in [2.24, 2.45) is 0 Å². The lowest BCUT2D eigenvalue weighted by atomic mass is 10.0. The normalized spacial score (nSPS) is 20.3. The molecule has 1 aromatic carbocycles. The molecule has 3 heterocycles. The second kappa shape index (κ2) is 8.27. The lowest BCUT2D eigenvalue weighted by molar-refractivity contribution is -0.120. The van der Waals surface area contributed by atoms with Crippen LogP contribution < -0.4 is 5.32 Å². The number of hydrogen-bond acceptors (Lipinski definition) is 7. The minimum absolute atomic E-state index is 0.0246. The van der Waals surface area contributed by atoms with E-state index in [4.69, 9.17) is 4.42 Å². The second-order valence-electron chi connectivity index (χ2n) is 7.59. The van der Waals surface area contributed by atoms with Gasteiger partial charge < -0.3 is 9.73 Å². The lowest BCUT2D eigenvalue weighted by Crippen LogP contribution is -2.47. The van der Waals surface area contributed by atoms with E-state index >= 15 is 0 Å². The van der Waals surface area contributed by atoms with Gasteiger partial charge in [-0.2, -0.15) is 0 Å². The Morgan fingerprint density at radius 3 is 2.70 bits per heavy atom. The van der Waals surface area contributed by atoms with Gasteiger partial charge in [-0.1, -0.05) is 42.1 Å². The van der Waals surface area contributed by atoms with Crippen molar-refractivity contribution in [2.75, 3.05) is 17.3 Å². The van der Waals surface area contributed by atoms with Gasteiger partial charge in [-0.05, 0) is 31.0 Å². The summed E-state index contributed by atoms with van der Waals surface area (Å²) in [7, 11) is -3.09. The summed E-state index contributed by atoms with van der Waals surface area (Å²) >= 11 is 1.26. The highest BCUT2D eigenvalue weighted by Crippen LogP contribution is 2.26. The number of hydrogen-bond donors (Lipinski definition) is 1. The number of thioether (sulfide) groups is 1. The van der Waals surface area contributed by atoms with Crippen molar-refractivity contribution in [1.29, 1.82) is 0 Å². The molecule has 8 nitrogen and oxygen atoms in total. The Labute approximate surface area is 179 Å². The number of amides is 1. The number of nitrogens with zero attached hydrogens (tertiary/aromatic N) is 3. The van der Waals surface area contributed by atoms with E-state index in [1.54, 1.807) is 19.3 Å².